The minimum atomic E-state index is -0.415. The van der Waals surface area contributed by atoms with Crippen molar-refractivity contribution in [2.24, 2.45) is 5.92 Å². The smallest absolute Gasteiger partial charge is 0.228 e. The molecule has 6 heteroatoms. The van der Waals surface area contributed by atoms with Crippen LogP contribution in [-0.4, -0.2) is 31.6 Å². The molecule has 2 heterocycles. The first-order chi connectivity index (χ1) is 12.5. The average Bonchev–Trinajstić information content (AvgIpc) is 3.23. The molecule has 2 aromatic rings. The number of carbonyl (C=O) groups is 2. The Labute approximate surface area is 158 Å². The number of rotatable bonds is 6. The number of hydrogen-bond acceptors (Lipinski definition) is 4. The van der Waals surface area contributed by atoms with Crippen LogP contribution in [0.4, 0.5) is 5.69 Å². The van der Waals surface area contributed by atoms with Crippen molar-refractivity contribution in [2.75, 3.05) is 18.6 Å². The summed E-state index contributed by atoms with van der Waals surface area (Å²) in [6.45, 7) is 4.35. The van der Waals surface area contributed by atoms with E-state index in [0.717, 1.165) is 16.1 Å². The highest BCUT2D eigenvalue weighted by atomic mass is 32.1. The van der Waals surface area contributed by atoms with Crippen LogP contribution in [0.25, 0.3) is 0 Å². The van der Waals surface area contributed by atoms with Crippen molar-refractivity contribution in [2.45, 2.75) is 32.4 Å². The summed E-state index contributed by atoms with van der Waals surface area (Å²) in [5.41, 5.74) is 1.97. The molecule has 3 atom stereocenters. The molecule has 5 nitrogen and oxygen atoms in total. The van der Waals surface area contributed by atoms with E-state index in [1.165, 1.54) is 0 Å². The SMILES string of the molecule is COCC(C)NC(=O)C1CC(=O)N(c2ccc(C)cc2)C1c1cccs1. The predicted molar refractivity (Wildman–Crippen MR) is 103 cm³/mol. The number of hydrogen-bond donors (Lipinski definition) is 1. The van der Waals surface area contributed by atoms with Gasteiger partial charge in [0.2, 0.25) is 11.8 Å². The number of aryl methyl sites for hydroxylation is 1. The highest BCUT2D eigenvalue weighted by Gasteiger charge is 2.45. The van der Waals surface area contributed by atoms with Crippen LogP contribution in [0.3, 0.4) is 0 Å². The van der Waals surface area contributed by atoms with Gasteiger partial charge in [0.15, 0.2) is 0 Å². The molecule has 1 aromatic heterocycles. The van der Waals surface area contributed by atoms with E-state index in [-0.39, 0.29) is 30.3 Å². The lowest BCUT2D eigenvalue weighted by Gasteiger charge is -2.28. The zero-order chi connectivity index (χ0) is 18.7. The molecule has 1 aliphatic rings. The number of anilines is 1. The van der Waals surface area contributed by atoms with Crippen LogP contribution in [0, 0.1) is 12.8 Å². The molecule has 1 aliphatic heterocycles. The van der Waals surface area contributed by atoms with Crippen molar-refractivity contribution < 1.29 is 14.3 Å². The maximum absolute atomic E-state index is 12.9. The molecule has 1 N–H and O–H groups in total. The van der Waals surface area contributed by atoms with Gasteiger partial charge in [-0.3, -0.25) is 9.59 Å². The van der Waals surface area contributed by atoms with Crippen LogP contribution >= 0.6 is 11.3 Å². The summed E-state index contributed by atoms with van der Waals surface area (Å²) in [7, 11) is 1.61. The lowest BCUT2D eigenvalue weighted by Crippen LogP contribution is -2.41. The van der Waals surface area contributed by atoms with Gasteiger partial charge in [-0.15, -0.1) is 11.3 Å². The summed E-state index contributed by atoms with van der Waals surface area (Å²) in [6, 6.07) is 11.4. The number of ether oxygens (including phenoxy) is 1. The maximum Gasteiger partial charge on any atom is 0.228 e. The highest BCUT2D eigenvalue weighted by molar-refractivity contribution is 7.10. The standard InChI is InChI=1S/C20H24N2O3S/c1-13-6-8-15(9-7-13)22-18(23)11-16(19(22)17-5-4-10-26-17)20(24)21-14(2)12-25-3/h4-10,14,16,19H,11-12H2,1-3H3,(H,21,24). The molecule has 3 rings (SSSR count). The molecular weight excluding hydrogens is 348 g/mol. The van der Waals surface area contributed by atoms with Gasteiger partial charge in [-0.1, -0.05) is 23.8 Å². The van der Waals surface area contributed by atoms with E-state index >= 15 is 0 Å². The zero-order valence-electron chi connectivity index (χ0n) is 15.3. The summed E-state index contributed by atoms with van der Waals surface area (Å²) >= 11 is 1.58. The van der Waals surface area contributed by atoms with E-state index in [1.54, 1.807) is 23.3 Å². The third kappa shape index (κ3) is 3.81. The Bertz CT molecular complexity index is 758. The van der Waals surface area contributed by atoms with Crippen molar-refractivity contribution in [3.63, 3.8) is 0 Å². The van der Waals surface area contributed by atoms with E-state index in [0.29, 0.717) is 6.61 Å². The van der Waals surface area contributed by atoms with Gasteiger partial charge >= 0.3 is 0 Å². The third-order valence-corrected chi connectivity index (χ3v) is 5.55. The number of amides is 2. The third-order valence-electron chi connectivity index (χ3n) is 4.61. The number of methoxy groups -OCH3 is 1. The quantitative estimate of drug-likeness (QED) is 0.846. The summed E-state index contributed by atoms with van der Waals surface area (Å²) in [6.07, 6.45) is 0.210. The van der Waals surface area contributed by atoms with Gasteiger partial charge in [-0.2, -0.15) is 0 Å². The minimum Gasteiger partial charge on any atom is -0.383 e. The van der Waals surface area contributed by atoms with Crippen LogP contribution in [-0.2, 0) is 14.3 Å². The summed E-state index contributed by atoms with van der Waals surface area (Å²) in [5.74, 6) is -0.538. The van der Waals surface area contributed by atoms with Crippen LogP contribution < -0.4 is 10.2 Å². The molecule has 0 spiro atoms. The fraction of sp³-hybridized carbons (Fsp3) is 0.400. The molecule has 1 saturated heterocycles. The molecule has 3 unspecified atom stereocenters. The summed E-state index contributed by atoms with van der Waals surface area (Å²) in [5, 5.41) is 4.96. The van der Waals surface area contributed by atoms with Crippen molar-refractivity contribution in [1.29, 1.82) is 0 Å². The van der Waals surface area contributed by atoms with E-state index < -0.39 is 5.92 Å². The first kappa shape index (κ1) is 18.6. The topological polar surface area (TPSA) is 58.6 Å². The molecule has 138 valence electrons. The van der Waals surface area contributed by atoms with E-state index in [1.807, 2.05) is 55.6 Å². The molecule has 1 fully saturated rings. The minimum absolute atomic E-state index is 0.0215. The monoisotopic (exact) mass is 372 g/mol. The summed E-state index contributed by atoms with van der Waals surface area (Å²) in [4.78, 5) is 28.5. The largest absolute Gasteiger partial charge is 0.383 e. The normalized spacial score (nSPS) is 21.0. The number of benzene rings is 1. The molecule has 26 heavy (non-hydrogen) atoms. The second kappa shape index (κ2) is 8.01. The van der Waals surface area contributed by atoms with Crippen LogP contribution in [0.5, 0.6) is 0 Å². The van der Waals surface area contributed by atoms with Gasteiger partial charge in [0.05, 0.1) is 18.6 Å². The molecule has 0 bridgehead atoms. The Morgan fingerprint density at radius 2 is 2.08 bits per heavy atom. The molecule has 0 aliphatic carbocycles. The molecule has 0 radical (unpaired) electrons. The van der Waals surface area contributed by atoms with E-state index in [9.17, 15) is 9.59 Å². The lowest BCUT2D eigenvalue weighted by molar-refractivity contribution is -0.127. The number of carbonyl (C=O) groups excluding carboxylic acids is 2. The van der Waals surface area contributed by atoms with Crippen molar-refractivity contribution in [3.05, 3.63) is 52.2 Å². The Balaban J connectivity index is 1.91. The molecule has 1 aromatic carbocycles. The first-order valence-corrected chi connectivity index (χ1v) is 9.60. The fourth-order valence-electron chi connectivity index (χ4n) is 3.41. The molecule has 2 amide bonds. The fourth-order valence-corrected chi connectivity index (χ4v) is 4.29. The number of nitrogens with one attached hydrogen (secondary N) is 1. The van der Waals surface area contributed by atoms with Crippen LogP contribution in [0.1, 0.15) is 29.8 Å². The van der Waals surface area contributed by atoms with Gasteiger partial charge in [0.1, 0.15) is 0 Å². The Hall–Kier alpha value is -2.18. The van der Waals surface area contributed by atoms with Gasteiger partial charge in [0.25, 0.3) is 0 Å². The lowest BCUT2D eigenvalue weighted by atomic mass is 9.97. The predicted octanol–water partition coefficient (Wildman–Crippen LogP) is 3.30. The Morgan fingerprint density at radius 3 is 2.69 bits per heavy atom. The van der Waals surface area contributed by atoms with Crippen LogP contribution in [0.2, 0.25) is 0 Å². The molecular formula is C20H24N2O3S. The van der Waals surface area contributed by atoms with Crippen molar-refractivity contribution >= 4 is 28.8 Å². The molecule has 0 saturated carbocycles. The zero-order valence-corrected chi connectivity index (χ0v) is 16.1. The van der Waals surface area contributed by atoms with Crippen LogP contribution in [0.15, 0.2) is 41.8 Å². The van der Waals surface area contributed by atoms with Crippen molar-refractivity contribution in [3.8, 4) is 0 Å². The van der Waals surface area contributed by atoms with E-state index in [4.69, 9.17) is 4.74 Å². The average molecular weight is 372 g/mol. The first-order valence-electron chi connectivity index (χ1n) is 8.72. The maximum atomic E-state index is 12.9. The second-order valence-electron chi connectivity index (χ2n) is 6.74. The van der Waals surface area contributed by atoms with Gasteiger partial charge < -0.3 is 15.0 Å². The highest BCUT2D eigenvalue weighted by Crippen LogP contribution is 2.43. The Kier molecular flexibility index (Phi) is 5.74. The van der Waals surface area contributed by atoms with Crippen molar-refractivity contribution in [1.82, 2.24) is 5.32 Å². The van der Waals surface area contributed by atoms with E-state index in [2.05, 4.69) is 5.32 Å². The van der Waals surface area contributed by atoms with Gasteiger partial charge in [0, 0.05) is 30.1 Å². The van der Waals surface area contributed by atoms with Gasteiger partial charge in [-0.05, 0) is 37.4 Å². The van der Waals surface area contributed by atoms with Gasteiger partial charge in [-0.25, -0.2) is 0 Å². The second-order valence-corrected chi connectivity index (χ2v) is 7.71. The number of nitrogens with zero attached hydrogens (tertiary/aromatic N) is 1. The number of thiophene rings is 1. The Morgan fingerprint density at radius 1 is 1.35 bits per heavy atom. The summed E-state index contributed by atoms with van der Waals surface area (Å²) < 4.78 is 5.10.